The molecule has 37 heavy (non-hydrogen) atoms. The molecule has 0 bridgehead atoms. The van der Waals surface area contributed by atoms with Crippen molar-refractivity contribution in [3.05, 3.63) is 0 Å². The number of carbonyl (C=O) groups excluding carboxylic acids is 2. The fraction of sp³-hybridized carbons (Fsp3) is 0.889. The minimum atomic E-state index is -0.911. The van der Waals surface area contributed by atoms with Gasteiger partial charge in [0.25, 0.3) is 0 Å². The van der Waals surface area contributed by atoms with Gasteiger partial charge in [0.1, 0.15) is 0 Å². The summed E-state index contributed by atoms with van der Waals surface area (Å²) in [6, 6.07) is 0. The molecule has 0 heterocycles. The number of hydrogen-bond acceptors (Lipinski definition) is 8. The zero-order valence-electron chi connectivity index (χ0n) is 22.8. The number of hydrogen-bond donors (Lipinski definition) is 4. The summed E-state index contributed by atoms with van der Waals surface area (Å²) in [5.74, 6) is -0.263. The third-order valence-corrected chi connectivity index (χ3v) is 6.20. The average molecular weight is 549 g/mol. The monoisotopic (exact) mass is 548 g/mol. The number of carboxylic acid groups (broad SMARTS) is 1. The zero-order chi connectivity index (χ0) is 27.2. The maximum atomic E-state index is 11.8. The molecule has 0 saturated heterocycles. The average Bonchev–Trinajstić information content (AvgIpc) is 2.87. The van der Waals surface area contributed by atoms with Crippen molar-refractivity contribution in [3.8, 4) is 0 Å². The Kier molecular flexibility index (Phi) is 28.1. The van der Waals surface area contributed by atoms with Crippen molar-refractivity contribution in [2.24, 2.45) is 0 Å². The SMILES string of the molecule is O=C(O)CCCC(=O)NCCONOCCCOC(=O)CCCCCCCCCCCCCCCCS. The topological polar surface area (TPSA) is 123 Å². The van der Waals surface area contributed by atoms with Crippen LogP contribution < -0.4 is 11.0 Å². The van der Waals surface area contributed by atoms with Crippen molar-refractivity contribution in [1.29, 1.82) is 0 Å². The molecule has 0 aromatic carbocycles. The Morgan fingerprint density at radius 3 is 1.70 bits per heavy atom. The molecule has 1 amide bonds. The van der Waals surface area contributed by atoms with Gasteiger partial charge in [-0.05, 0) is 25.0 Å². The van der Waals surface area contributed by atoms with Gasteiger partial charge < -0.3 is 15.2 Å². The van der Waals surface area contributed by atoms with Gasteiger partial charge in [-0.15, -0.1) is 0 Å². The summed E-state index contributed by atoms with van der Waals surface area (Å²) in [4.78, 5) is 43.6. The highest BCUT2D eigenvalue weighted by Crippen LogP contribution is 2.13. The minimum absolute atomic E-state index is 0.0209. The van der Waals surface area contributed by atoms with Crippen LogP contribution >= 0.6 is 12.6 Å². The van der Waals surface area contributed by atoms with Crippen LogP contribution in [0.5, 0.6) is 0 Å². The second-order valence-electron chi connectivity index (χ2n) is 9.37. The predicted octanol–water partition coefficient (Wildman–Crippen LogP) is 5.52. The number of carbonyl (C=O) groups is 3. The quantitative estimate of drug-likeness (QED) is 0.0417. The molecule has 10 heteroatoms. The number of aliphatic carboxylic acids is 1. The molecule has 9 nitrogen and oxygen atoms in total. The van der Waals surface area contributed by atoms with Crippen LogP contribution in [0.3, 0.4) is 0 Å². The Labute approximate surface area is 229 Å². The molecule has 0 radical (unpaired) electrons. The number of amides is 1. The number of rotatable bonds is 29. The number of carboxylic acids is 1. The molecule has 0 aliphatic heterocycles. The first-order valence-electron chi connectivity index (χ1n) is 14.3. The second-order valence-corrected chi connectivity index (χ2v) is 9.82. The van der Waals surface area contributed by atoms with E-state index in [9.17, 15) is 14.4 Å². The Bertz CT molecular complexity index is 553. The van der Waals surface area contributed by atoms with E-state index < -0.39 is 5.97 Å². The molecule has 0 fully saturated rings. The number of esters is 1. The summed E-state index contributed by atoms with van der Waals surface area (Å²) in [5, 5.41) is 11.1. The van der Waals surface area contributed by atoms with Gasteiger partial charge in [0, 0.05) is 32.2 Å². The van der Waals surface area contributed by atoms with Gasteiger partial charge in [0.15, 0.2) is 0 Å². The molecule has 0 atom stereocenters. The summed E-state index contributed by atoms with van der Waals surface area (Å²) >= 11 is 4.24. The summed E-state index contributed by atoms with van der Waals surface area (Å²) < 4.78 is 5.20. The van der Waals surface area contributed by atoms with Crippen LogP contribution in [0.25, 0.3) is 0 Å². The summed E-state index contributed by atoms with van der Waals surface area (Å²) in [7, 11) is 0. The molecule has 0 aromatic heterocycles. The first-order valence-corrected chi connectivity index (χ1v) is 14.9. The number of unbranched alkanes of at least 4 members (excludes halogenated alkanes) is 13. The van der Waals surface area contributed by atoms with E-state index in [0.29, 0.717) is 32.5 Å². The first-order chi connectivity index (χ1) is 18.1. The molecule has 0 aromatic rings. The second kappa shape index (κ2) is 29.2. The van der Waals surface area contributed by atoms with Gasteiger partial charge >= 0.3 is 11.9 Å². The van der Waals surface area contributed by atoms with E-state index >= 15 is 0 Å². The van der Waals surface area contributed by atoms with Crippen molar-refractivity contribution in [3.63, 3.8) is 0 Å². The van der Waals surface area contributed by atoms with Crippen LogP contribution in [-0.4, -0.2) is 55.1 Å². The largest absolute Gasteiger partial charge is 0.481 e. The fourth-order valence-electron chi connectivity index (χ4n) is 3.75. The fourth-order valence-corrected chi connectivity index (χ4v) is 3.97. The molecular formula is C27H52N2O7S. The van der Waals surface area contributed by atoms with E-state index in [0.717, 1.165) is 18.6 Å². The van der Waals surface area contributed by atoms with E-state index in [1.807, 2.05) is 0 Å². The standard InChI is InChI=1S/C27H52N2O7S/c30-25(17-15-18-26(31)32)28-20-23-36-29-35-22-16-21-34-27(33)19-13-11-9-7-5-3-1-2-4-6-8-10-12-14-24-37/h29,37H,1-24H2,(H,28,30)(H,31,32). The van der Waals surface area contributed by atoms with Gasteiger partial charge in [0.2, 0.25) is 5.91 Å². The van der Waals surface area contributed by atoms with Gasteiger partial charge in [0.05, 0.1) is 19.8 Å². The molecule has 0 unspecified atom stereocenters. The molecule has 0 rings (SSSR count). The number of thiol groups is 1. The van der Waals surface area contributed by atoms with Crippen LogP contribution in [0.15, 0.2) is 0 Å². The molecule has 0 aliphatic rings. The van der Waals surface area contributed by atoms with E-state index in [-0.39, 0.29) is 37.9 Å². The van der Waals surface area contributed by atoms with Gasteiger partial charge in [-0.25, -0.2) is 0 Å². The van der Waals surface area contributed by atoms with Crippen molar-refractivity contribution >= 4 is 30.5 Å². The van der Waals surface area contributed by atoms with E-state index in [1.54, 1.807) is 0 Å². The highest BCUT2D eigenvalue weighted by molar-refractivity contribution is 7.80. The van der Waals surface area contributed by atoms with Gasteiger partial charge in [-0.3, -0.25) is 24.1 Å². The summed E-state index contributed by atoms with van der Waals surface area (Å²) in [5.41, 5.74) is 2.32. The first kappa shape index (κ1) is 35.6. The highest BCUT2D eigenvalue weighted by atomic mass is 32.1. The third-order valence-electron chi connectivity index (χ3n) is 5.88. The van der Waals surface area contributed by atoms with Crippen LogP contribution in [0.2, 0.25) is 0 Å². The van der Waals surface area contributed by atoms with Crippen molar-refractivity contribution in [1.82, 2.24) is 11.0 Å². The third kappa shape index (κ3) is 30.8. The summed E-state index contributed by atoms with van der Waals surface area (Å²) in [6.45, 7) is 1.13. The molecular weight excluding hydrogens is 496 g/mol. The molecule has 0 aliphatic carbocycles. The van der Waals surface area contributed by atoms with Crippen LogP contribution in [0, 0.1) is 0 Å². The maximum Gasteiger partial charge on any atom is 0.305 e. The smallest absolute Gasteiger partial charge is 0.305 e. The van der Waals surface area contributed by atoms with Gasteiger partial charge in [-0.1, -0.05) is 82.7 Å². The summed E-state index contributed by atoms with van der Waals surface area (Å²) in [6.07, 6.45) is 19.3. The lowest BCUT2D eigenvalue weighted by atomic mass is 10.0. The Morgan fingerprint density at radius 2 is 1.14 bits per heavy atom. The van der Waals surface area contributed by atoms with E-state index in [2.05, 4.69) is 23.6 Å². The van der Waals surface area contributed by atoms with Crippen LogP contribution in [0.4, 0.5) is 0 Å². The van der Waals surface area contributed by atoms with Gasteiger partial charge in [-0.2, -0.15) is 12.6 Å². The number of ether oxygens (including phenoxy) is 1. The normalized spacial score (nSPS) is 10.9. The van der Waals surface area contributed by atoms with Crippen molar-refractivity contribution in [2.75, 3.05) is 32.1 Å². The lowest BCUT2D eigenvalue weighted by molar-refractivity contribution is -0.172. The maximum absolute atomic E-state index is 11.8. The highest BCUT2D eigenvalue weighted by Gasteiger charge is 2.04. The Balaban J connectivity index is 3.22. The lowest BCUT2D eigenvalue weighted by Gasteiger charge is -2.08. The van der Waals surface area contributed by atoms with Crippen molar-refractivity contribution in [2.45, 2.75) is 122 Å². The van der Waals surface area contributed by atoms with E-state index in [1.165, 1.54) is 77.0 Å². The Morgan fingerprint density at radius 1 is 0.595 bits per heavy atom. The van der Waals surface area contributed by atoms with Crippen LogP contribution in [0.1, 0.15) is 122 Å². The lowest BCUT2D eigenvalue weighted by Crippen LogP contribution is -2.29. The Hall–Kier alpha value is -1.36. The predicted molar refractivity (Wildman–Crippen MR) is 148 cm³/mol. The number of nitrogens with one attached hydrogen (secondary N) is 2. The van der Waals surface area contributed by atoms with Crippen molar-refractivity contribution < 1.29 is 33.9 Å². The van der Waals surface area contributed by atoms with Crippen LogP contribution in [-0.2, 0) is 28.8 Å². The minimum Gasteiger partial charge on any atom is -0.481 e. The molecule has 218 valence electrons. The molecule has 0 spiro atoms. The zero-order valence-corrected chi connectivity index (χ0v) is 23.7. The molecule has 0 saturated carbocycles. The molecule has 3 N–H and O–H groups in total. The van der Waals surface area contributed by atoms with E-state index in [4.69, 9.17) is 19.5 Å².